The van der Waals surface area contributed by atoms with Gasteiger partial charge in [-0.05, 0) is 24.7 Å². The summed E-state index contributed by atoms with van der Waals surface area (Å²) < 4.78 is 0. The van der Waals surface area contributed by atoms with Crippen LogP contribution in [0.15, 0.2) is 0 Å². The Labute approximate surface area is 98.2 Å². The normalized spacial score (nSPS) is 20.1. The average molecular weight is 222 g/mol. The van der Waals surface area contributed by atoms with Crippen LogP contribution in [0.25, 0.3) is 0 Å². The van der Waals surface area contributed by atoms with Crippen LogP contribution in [0.4, 0.5) is 0 Å². The maximum absolute atomic E-state index is 11.7. The lowest BCUT2D eigenvalue weighted by molar-refractivity contribution is -0.124. The lowest BCUT2D eigenvalue weighted by atomic mass is 9.88. The van der Waals surface area contributed by atoms with Crippen LogP contribution in [-0.4, -0.2) is 12.5 Å². The fourth-order valence-corrected chi connectivity index (χ4v) is 2.37. The number of nitrogens with zero attached hydrogens (tertiary/aromatic N) is 1. The molecule has 1 N–H and O–H groups in total. The van der Waals surface area contributed by atoms with Crippen LogP contribution in [0, 0.1) is 22.7 Å². The molecule has 1 aliphatic rings. The Morgan fingerprint density at radius 3 is 2.62 bits per heavy atom. The number of carbonyl (C=O) groups is 1. The van der Waals surface area contributed by atoms with E-state index in [-0.39, 0.29) is 11.3 Å². The molecular weight excluding hydrogens is 200 g/mol. The summed E-state index contributed by atoms with van der Waals surface area (Å²) in [5, 5.41) is 11.8. The molecule has 1 rings (SSSR count). The summed E-state index contributed by atoms with van der Waals surface area (Å²) in [6.45, 7) is 4.95. The zero-order valence-corrected chi connectivity index (χ0v) is 10.4. The summed E-state index contributed by atoms with van der Waals surface area (Å²) in [6.07, 6.45) is 6.46. The third-order valence-corrected chi connectivity index (χ3v) is 3.55. The molecule has 16 heavy (non-hydrogen) atoms. The van der Waals surface area contributed by atoms with Gasteiger partial charge in [0.15, 0.2) is 0 Å². The topological polar surface area (TPSA) is 52.9 Å². The van der Waals surface area contributed by atoms with Gasteiger partial charge in [0, 0.05) is 6.54 Å². The monoisotopic (exact) mass is 222 g/mol. The van der Waals surface area contributed by atoms with Gasteiger partial charge in [0.1, 0.15) is 5.92 Å². The molecular formula is C13H22N2O. The Bertz CT molecular complexity index is 274. The van der Waals surface area contributed by atoms with E-state index in [9.17, 15) is 4.79 Å². The predicted molar refractivity (Wildman–Crippen MR) is 63.6 cm³/mol. The molecule has 0 heterocycles. The molecule has 1 fully saturated rings. The van der Waals surface area contributed by atoms with Crippen LogP contribution >= 0.6 is 0 Å². The number of rotatable bonds is 5. The van der Waals surface area contributed by atoms with Crippen molar-refractivity contribution in [3.8, 4) is 6.07 Å². The third kappa shape index (κ3) is 3.52. The minimum atomic E-state index is -0.463. The Hall–Kier alpha value is -1.04. The molecule has 3 heteroatoms. The molecule has 1 amide bonds. The summed E-state index contributed by atoms with van der Waals surface area (Å²) in [4.78, 5) is 11.7. The van der Waals surface area contributed by atoms with Crippen molar-refractivity contribution in [1.82, 2.24) is 5.32 Å². The number of nitrogens with one attached hydrogen (secondary N) is 1. The lowest BCUT2D eigenvalue weighted by Crippen LogP contribution is -2.37. The van der Waals surface area contributed by atoms with Crippen LogP contribution in [0.1, 0.15) is 52.4 Å². The van der Waals surface area contributed by atoms with E-state index >= 15 is 0 Å². The first-order valence-electron chi connectivity index (χ1n) is 6.28. The number of amides is 1. The summed E-state index contributed by atoms with van der Waals surface area (Å²) in [6, 6.07) is 2.08. The van der Waals surface area contributed by atoms with Gasteiger partial charge >= 0.3 is 0 Å². The van der Waals surface area contributed by atoms with Gasteiger partial charge in [-0.2, -0.15) is 5.26 Å². The van der Waals surface area contributed by atoms with Crippen molar-refractivity contribution in [2.45, 2.75) is 52.4 Å². The summed E-state index contributed by atoms with van der Waals surface area (Å²) >= 11 is 0. The van der Waals surface area contributed by atoms with Crippen LogP contribution < -0.4 is 5.32 Å². The van der Waals surface area contributed by atoms with Gasteiger partial charge in [0.05, 0.1) is 6.07 Å². The maximum Gasteiger partial charge on any atom is 0.237 e. The molecule has 1 unspecified atom stereocenters. The third-order valence-electron chi connectivity index (χ3n) is 3.55. The van der Waals surface area contributed by atoms with Crippen LogP contribution in [-0.2, 0) is 4.79 Å². The van der Waals surface area contributed by atoms with Crippen molar-refractivity contribution >= 4 is 5.91 Å². The number of hydrogen-bond acceptors (Lipinski definition) is 2. The molecule has 0 saturated heterocycles. The minimum absolute atomic E-state index is 0.0857. The first-order chi connectivity index (χ1) is 7.61. The van der Waals surface area contributed by atoms with Crippen molar-refractivity contribution < 1.29 is 4.79 Å². The highest BCUT2D eigenvalue weighted by Gasteiger charge is 2.29. The smallest absolute Gasteiger partial charge is 0.237 e. The number of nitriles is 1. The van der Waals surface area contributed by atoms with Crippen LogP contribution in [0.2, 0.25) is 0 Å². The van der Waals surface area contributed by atoms with Gasteiger partial charge in [-0.3, -0.25) is 4.79 Å². The molecule has 0 spiro atoms. The fourth-order valence-electron chi connectivity index (χ4n) is 2.37. The van der Waals surface area contributed by atoms with Gasteiger partial charge in [-0.1, -0.05) is 33.1 Å². The Morgan fingerprint density at radius 1 is 1.50 bits per heavy atom. The predicted octanol–water partition coefficient (Wildman–Crippen LogP) is 2.62. The largest absolute Gasteiger partial charge is 0.354 e. The standard InChI is InChI=1S/C13H22N2O/c1-3-6-11(9-14)12(16)15-10-13(2)7-4-5-8-13/h11H,3-8,10H2,1-2H3,(H,15,16). The maximum atomic E-state index is 11.7. The molecule has 0 radical (unpaired) electrons. The Balaban J connectivity index is 2.36. The lowest BCUT2D eigenvalue weighted by Gasteiger charge is -2.24. The molecule has 0 aromatic heterocycles. The minimum Gasteiger partial charge on any atom is -0.354 e. The quantitative estimate of drug-likeness (QED) is 0.777. The molecule has 0 aliphatic heterocycles. The van der Waals surface area contributed by atoms with Gasteiger partial charge in [0.25, 0.3) is 0 Å². The highest BCUT2D eigenvalue weighted by atomic mass is 16.1. The summed E-state index contributed by atoms with van der Waals surface area (Å²) in [7, 11) is 0. The van der Waals surface area contributed by atoms with Crippen molar-refractivity contribution in [2.75, 3.05) is 6.54 Å². The van der Waals surface area contributed by atoms with E-state index in [0.29, 0.717) is 6.42 Å². The van der Waals surface area contributed by atoms with Crippen LogP contribution in [0.3, 0.4) is 0 Å². The average Bonchev–Trinajstić information content (AvgIpc) is 2.70. The second-order valence-electron chi connectivity index (χ2n) is 5.21. The Kier molecular flexibility index (Phi) is 4.79. The zero-order valence-electron chi connectivity index (χ0n) is 10.4. The van der Waals surface area contributed by atoms with Crippen molar-refractivity contribution in [3.63, 3.8) is 0 Å². The van der Waals surface area contributed by atoms with E-state index in [1.807, 2.05) is 6.92 Å². The summed E-state index contributed by atoms with van der Waals surface area (Å²) in [5.74, 6) is -0.549. The zero-order chi connectivity index (χ0) is 12.0. The Morgan fingerprint density at radius 2 is 2.12 bits per heavy atom. The molecule has 0 aromatic rings. The highest BCUT2D eigenvalue weighted by molar-refractivity contribution is 5.81. The molecule has 0 aromatic carbocycles. The molecule has 90 valence electrons. The van der Waals surface area contributed by atoms with Gasteiger partial charge < -0.3 is 5.32 Å². The number of carbonyl (C=O) groups excluding carboxylic acids is 1. The van der Waals surface area contributed by atoms with Gasteiger partial charge in [-0.25, -0.2) is 0 Å². The van der Waals surface area contributed by atoms with E-state index in [1.165, 1.54) is 25.7 Å². The van der Waals surface area contributed by atoms with E-state index in [1.54, 1.807) is 0 Å². The van der Waals surface area contributed by atoms with Crippen molar-refractivity contribution in [1.29, 1.82) is 5.26 Å². The van der Waals surface area contributed by atoms with Crippen LogP contribution in [0.5, 0.6) is 0 Å². The summed E-state index contributed by atoms with van der Waals surface area (Å²) in [5.41, 5.74) is 0.266. The fraction of sp³-hybridized carbons (Fsp3) is 0.846. The molecule has 3 nitrogen and oxygen atoms in total. The van der Waals surface area contributed by atoms with Crippen molar-refractivity contribution in [2.24, 2.45) is 11.3 Å². The first-order valence-corrected chi connectivity index (χ1v) is 6.28. The molecule has 1 aliphatic carbocycles. The van der Waals surface area contributed by atoms with Crippen molar-refractivity contribution in [3.05, 3.63) is 0 Å². The SMILES string of the molecule is CCCC(C#N)C(=O)NCC1(C)CCCC1. The van der Waals surface area contributed by atoms with E-state index in [4.69, 9.17) is 5.26 Å². The molecule has 0 bridgehead atoms. The molecule has 1 saturated carbocycles. The second kappa shape index (κ2) is 5.89. The van der Waals surface area contributed by atoms with E-state index in [0.717, 1.165) is 13.0 Å². The second-order valence-corrected chi connectivity index (χ2v) is 5.21. The van der Waals surface area contributed by atoms with Gasteiger partial charge in [-0.15, -0.1) is 0 Å². The van der Waals surface area contributed by atoms with Gasteiger partial charge in [0.2, 0.25) is 5.91 Å². The number of hydrogen-bond donors (Lipinski definition) is 1. The first kappa shape index (κ1) is 13.0. The van der Waals surface area contributed by atoms with E-state index in [2.05, 4.69) is 18.3 Å². The molecule has 1 atom stereocenters. The van der Waals surface area contributed by atoms with E-state index < -0.39 is 5.92 Å². The highest BCUT2D eigenvalue weighted by Crippen LogP contribution is 2.36.